The van der Waals surface area contributed by atoms with Crippen LogP contribution in [0.25, 0.3) is 0 Å². The summed E-state index contributed by atoms with van der Waals surface area (Å²) in [5.74, 6) is 0.645. The molecule has 1 rings (SSSR count). The average Bonchev–Trinajstić information content (AvgIpc) is 2.30. The molecule has 0 saturated heterocycles. The molecule has 0 bridgehead atoms. The van der Waals surface area contributed by atoms with Crippen LogP contribution in [0.5, 0.6) is 0 Å². The van der Waals surface area contributed by atoms with Crippen molar-refractivity contribution in [3.05, 3.63) is 30.1 Å². The SMILES string of the molecule is CC(CN)CCCN(C)Cc1cccnc1. The highest BCUT2D eigenvalue weighted by Crippen LogP contribution is 2.06. The molecule has 0 aromatic carbocycles. The van der Waals surface area contributed by atoms with Crippen molar-refractivity contribution in [2.45, 2.75) is 26.3 Å². The van der Waals surface area contributed by atoms with Crippen molar-refractivity contribution >= 4 is 0 Å². The maximum Gasteiger partial charge on any atom is 0.0312 e. The van der Waals surface area contributed by atoms with Gasteiger partial charge in [-0.3, -0.25) is 4.98 Å². The van der Waals surface area contributed by atoms with E-state index in [1.165, 1.54) is 18.4 Å². The Morgan fingerprint density at radius 1 is 1.50 bits per heavy atom. The average molecular weight is 221 g/mol. The molecule has 1 unspecified atom stereocenters. The topological polar surface area (TPSA) is 42.1 Å². The third-order valence-corrected chi connectivity index (χ3v) is 2.81. The van der Waals surface area contributed by atoms with Crippen LogP contribution in [0, 0.1) is 5.92 Å². The molecule has 0 spiro atoms. The van der Waals surface area contributed by atoms with Crippen LogP contribution < -0.4 is 5.73 Å². The molecule has 0 amide bonds. The summed E-state index contributed by atoms with van der Waals surface area (Å²) in [4.78, 5) is 6.45. The van der Waals surface area contributed by atoms with Gasteiger partial charge in [-0.2, -0.15) is 0 Å². The van der Waals surface area contributed by atoms with Crippen molar-refractivity contribution in [2.24, 2.45) is 11.7 Å². The zero-order chi connectivity index (χ0) is 11.8. The molecule has 0 saturated carbocycles. The van der Waals surface area contributed by atoms with E-state index in [1.54, 1.807) is 0 Å². The molecule has 90 valence electrons. The van der Waals surface area contributed by atoms with Gasteiger partial charge in [0.25, 0.3) is 0 Å². The van der Waals surface area contributed by atoms with E-state index in [0.29, 0.717) is 5.92 Å². The minimum absolute atomic E-state index is 0.645. The fourth-order valence-electron chi connectivity index (χ4n) is 1.71. The Hall–Kier alpha value is -0.930. The van der Waals surface area contributed by atoms with E-state index >= 15 is 0 Å². The van der Waals surface area contributed by atoms with Crippen molar-refractivity contribution in [3.63, 3.8) is 0 Å². The molecule has 2 N–H and O–H groups in total. The lowest BCUT2D eigenvalue weighted by Gasteiger charge is -2.17. The van der Waals surface area contributed by atoms with Crippen molar-refractivity contribution in [3.8, 4) is 0 Å². The molecule has 1 atom stereocenters. The van der Waals surface area contributed by atoms with Gasteiger partial charge < -0.3 is 10.6 Å². The predicted octanol–water partition coefficient (Wildman–Crippen LogP) is 1.89. The first-order valence-electron chi connectivity index (χ1n) is 6.00. The van der Waals surface area contributed by atoms with Crippen LogP contribution in [0.3, 0.4) is 0 Å². The zero-order valence-electron chi connectivity index (χ0n) is 10.4. The Balaban J connectivity index is 2.19. The van der Waals surface area contributed by atoms with E-state index in [0.717, 1.165) is 19.6 Å². The third kappa shape index (κ3) is 5.24. The second-order valence-corrected chi connectivity index (χ2v) is 4.58. The predicted molar refractivity (Wildman–Crippen MR) is 68.0 cm³/mol. The molecule has 3 nitrogen and oxygen atoms in total. The lowest BCUT2D eigenvalue weighted by Crippen LogP contribution is -2.20. The second kappa shape index (κ2) is 7.36. The van der Waals surface area contributed by atoms with Crippen molar-refractivity contribution in [1.29, 1.82) is 0 Å². The monoisotopic (exact) mass is 221 g/mol. The van der Waals surface area contributed by atoms with Crippen LogP contribution in [0.2, 0.25) is 0 Å². The minimum atomic E-state index is 0.645. The van der Waals surface area contributed by atoms with Crippen LogP contribution >= 0.6 is 0 Å². The number of rotatable bonds is 7. The number of aromatic nitrogens is 1. The molecular formula is C13H23N3. The normalized spacial score (nSPS) is 13.0. The quantitative estimate of drug-likeness (QED) is 0.764. The van der Waals surface area contributed by atoms with E-state index in [-0.39, 0.29) is 0 Å². The number of hydrogen-bond acceptors (Lipinski definition) is 3. The number of pyridine rings is 1. The highest BCUT2D eigenvalue weighted by molar-refractivity contribution is 5.07. The Kier molecular flexibility index (Phi) is 6.04. The van der Waals surface area contributed by atoms with E-state index in [9.17, 15) is 0 Å². The Labute approximate surface area is 98.7 Å². The molecule has 1 aromatic heterocycles. The Morgan fingerprint density at radius 3 is 2.94 bits per heavy atom. The number of hydrogen-bond donors (Lipinski definition) is 1. The molecule has 0 aliphatic heterocycles. The van der Waals surface area contributed by atoms with Gasteiger partial charge in [-0.1, -0.05) is 13.0 Å². The van der Waals surface area contributed by atoms with E-state index < -0.39 is 0 Å². The van der Waals surface area contributed by atoms with E-state index in [1.807, 2.05) is 18.5 Å². The van der Waals surface area contributed by atoms with Gasteiger partial charge in [0.05, 0.1) is 0 Å². The first-order chi connectivity index (χ1) is 7.72. The summed E-state index contributed by atoms with van der Waals surface area (Å²) in [5, 5.41) is 0. The number of nitrogens with two attached hydrogens (primary N) is 1. The van der Waals surface area contributed by atoms with Crippen LogP contribution in [0.1, 0.15) is 25.3 Å². The standard InChI is InChI=1S/C13H23N3/c1-12(9-14)5-4-8-16(2)11-13-6-3-7-15-10-13/h3,6-7,10,12H,4-5,8-9,11,14H2,1-2H3. The molecule has 16 heavy (non-hydrogen) atoms. The Morgan fingerprint density at radius 2 is 2.31 bits per heavy atom. The van der Waals surface area contributed by atoms with Crippen LogP contribution in [-0.4, -0.2) is 30.0 Å². The lowest BCUT2D eigenvalue weighted by molar-refractivity contribution is 0.308. The molecule has 0 aliphatic carbocycles. The van der Waals surface area contributed by atoms with Gasteiger partial charge in [0, 0.05) is 18.9 Å². The summed E-state index contributed by atoms with van der Waals surface area (Å²) in [7, 11) is 2.15. The highest BCUT2D eigenvalue weighted by Gasteiger charge is 2.02. The van der Waals surface area contributed by atoms with Gasteiger partial charge in [-0.15, -0.1) is 0 Å². The molecular weight excluding hydrogens is 198 g/mol. The summed E-state index contributed by atoms with van der Waals surface area (Å²) in [6, 6.07) is 4.10. The third-order valence-electron chi connectivity index (χ3n) is 2.81. The van der Waals surface area contributed by atoms with Gasteiger partial charge in [-0.05, 0) is 50.5 Å². The lowest BCUT2D eigenvalue weighted by atomic mass is 10.1. The summed E-state index contributed by atoms with van der Waals surface area (Å²) in [6.45, 7) is 5.11. The van der Waals surface area contributed by atoms with Crippen LogP contribution in [0.15, 0.2) is 24.5 Å². The fraction of sp³-hybridized carbons (Fsp3) is 0.615. The zero-order valence-corrected chi connectivity index (χ0v) is 10.4. The first-order valence-corrected chi connectivity index (χ1v) is 6.00. The maximum atomic E-state index is 5.59. The summed E-state index contributed by atoms with van der Waals surface area (Å²) < 4.78 is 0. The Bertz CT molecular complexity index is 274. The van der Waals surface area contributed by atoms with Crippen molar-refractivity contribution in [2.75, 3.05) is 20.1 Å². The van der Waals surface area contributed by atoms with Crippen LogP contribution in [0.4, 0.5) is 0 Å². The minimum Gasteiger partial charge on any atom is -0.330 e. The second-order valence-electron chi connectivity index (χ2n) is 4.58. The van der Waals surface area contributed by atoms with Gasteiger partial charge in [0.2, 0.25) is 0 Å². The van der Waals surface area contributed by atoms with E-state index in [4.69, 9.17) is 5.73 Å². The smallest absolute Gasteiger partial charge is 0.0312 e. The summed E-state index contributed by atoms with van der Waals surface area (Å²) in [6.07, 6.45) is 6.18. The fourth-order valence-corrected chi connectivity index (χ4v) is 1.71. The molecule has 0 fully saturated rings. The number of nitrogens with zero attached hydrogens (tertiary/aromatic N) is 2. The summed E-state index contributed by atoms with van der Waals surface area (Å²) >= 11 is 0. The first kappa shape index (κ1) is 13.1. The van der Waals surface area contributed by atoms with Gasteiger partial charge in [0.1, 0.15) is 0 Å². The van der Waals surface area contributed by atoms with Crippen LogP contribution in [-0.2, 0) is 6.54 Å². The van der Waals surface area contributed by atoms with Gasteiger partial charge in [0.15, 0.2) is 0 Å². The summed E-state index contributed by atoms with van der Waals surface area (Å²) in [5.41, 5.74) is 6.87. The molecule has 1 aromatic rings. The van der Waals surface area contributed by atoms with Crippen molar-refractivity contribution in [1.82, 2.24) is 9.88 Å². The molecule has 3 heteroatoms. The highest BCUT2D eigenvalue weighted by atomic mass is 15.1. The molecule has 1 heterocycles. The van der Waals surface area contributed by atoms with Crippen molar-refractivity contribution < 1.29 is 0 Å². The molecule has 0 aliphatic rings. The van der Waals surface area contributed by atoms with Gasteiger partial charge in [-0.25, -0.2) is 0 Å². The maximum absolute atomic E-state index is 5.59. The molecule has 0 radical (unpaired) electrons. The van der Waals surface area contributed by atoms with Gasteiger partial charge >= 0.3 is 0 Å². The van der Waals surface area contributed by atoms with E-state index in [2.05, 4.69) is 29.9 Å². The largest absolute Gasteiger partial charge is 0.330 e.